The number of hydrogen-bond donors (Lipinski definition) is 1. The summed E-state index contributed by atoms with van der Waals surface area (Å²) in [5.41, 5.74) is 5.36. The van der Waals surface area contributed by atoms with Crippen LogP contribution >= 0.6 is 23.4 Å². The maximum Gasteiger partial charge on any atom is 0.191 e. The standard InChI is InChI=1S/C26H20ClN5S/c27-19-7-5-6-17(14-19)16-33-26-29-23-11-4-2-9-21(23)25-30-24(31-32(25)26)13-12-18-15-28-22-10-3-1-8-20(18)22/h1-11,14-15,28H,12-13,16H2. The summed E-state index contributed by atoms with van der Waals surface area (Å²) in [6.07, 6.45) is 3.72. The molecule has 0 aliphatic rings. The Bertz CT molecular complexity index is 1600. The summed E-state index contributed by atoms with van der Waals surface area (Å²) in [5.74, 6) is 1.58. The minimum absolute atomic E-state index is 0.741. The summed E-state index contributed by atoms with van der Waals surface area (Å²) in [5, 5.41) is 8.69. The number of para-hydroxylation sites is 2. The Hall–Kier alpha value is -3.35. The van der Waals surface area contributed by atoms with Gasteiger partial charge in [-0.05, 0) is 47.9 Å². The van der Waals surface area contributed by atoms with Crippen molar-refractivity contribution in [3.8, 4) is 0 Å². The molecule has 33 heavy (non-hydrogen) atoms. The number of thioether (sulfide) groups is 1. The van der Waals surface area contributed by atoms with E-state index in [-0.39, 0.29) is 0 Å². The van der Waals surface area contributed by atoms with Gasteiger partial charge in [0.25, 0.3) is 0 Å². The molecule has 0 aliphatic heterocycles. The van der Waals surface area contributed by atoms with E-state index in [0.717, 1.165) is 62.2 Å². The second-order valence-corrected chi connectivity index (χ2v) is 9.33. The summed E-state index contributed by atoms with van der Waals surface area (Å²) in [6.45, 7) is 0. The van der Waals surface area contributed by atoms with Gasteiger partial charge in [-0.25, -0.2) is 9.97 Å². The van der Waals surface area contributed by atoms with Gasteiger partial charge in [0.1, 0.15) is 0 Å². The van der Waals surface area contributed by atoms with Crippen LogP contribution in [-0.4, -0.2) is 24.6 Å². The summed E-state index contributed by atoms with van der Waals surface area (Å²) in [4.78, 5) is 13.2. The third kappa shape index (κ3) is 3.96. The van der Waals surface area contributed by atoms with Gasteiger partial charge in [0, 0.05) is 39.7 Å². The highest BCUT2D eigenvalue weighted by molar-refractivity contribution is 7.98. The van der Waals surface area contributed by atoms with Gasteiger partial charge in [-0.15, -0.1) is 5.10 Å². The molecule has 1 N–H and O–H groups in total. The molecular formula is C26H20ClN5S. The van der Waals surface area contributed by atoms with E-state index in [1.807, 2.05) is 47.0 Å². The van der Waals surface area contributed by atoms with E-state index >= 15 is 0 Å². The average molecular weight is 470 g/mol. The lowest BCUT2D eigenvalue weighted by Crippen LogP contribution is -1.99. The monoisotopic (exact) mass is 469 g/mol. The molecule has 5 nitrogen and oxygen atoms in total. The van der Waals surface area contributed by atoms with Crippen molar-refractivity contribution in [2.45, 2.75) is 23.8 Å². The van der Waals surface area contributed by atoms with Crippen LogP contribution in [0, 0.1) is 0 Å². The van der Waals surface area contributed by atoms with Crippen LogP contribution in [0.15, 0.2) is 84.1 Å². The Morgan fingerprint density at radius 1 is 0.879 bits per heavy atom. The maximum absolute atomic E-state index is 6.16. The molecule has 0 saturated carbocycles. The van der Waals surface area contributed by atoms with Gasteiger partial charge < -0.3 is 4.98 Å². The molecule has 3 aromatic carbocycles. The largest absolute Gasteiger partial charge is 0.361 e. The lowest BCUT2D eigenvalue weighted by molar-refractivity contribution is 0.769. The molecule has 0 spiro atoms. The Balaban J connectivity index is 1.34. The number of hydrogen-bond acceptors (Lipinski definition) is 4. The molecule has 3 heterocycles. The highest BCUT2D eigenvalue weighted by atomic mass is 35.5. The van der Waals surface area contributed by atoms with E-state index < -0.39 is 0 Å². The fourth-order valence-electron chi connectivity index (χ4n) is 4.13. The van der Waals surface area contributed by atoms with E-state index in [9.17, 15) is 0 Å². The number of halogens is 1. The van der Waals surface area contributed by atoms with Gasteiger partial charge in [-0.1, -0.05) is 65.8 Å². The van der Waals surface area contributed by atoms with Gasteiger partial charge in [0.2, 0.25) is 0 Å². The molecule has 0 radical (unpaired) electrons. The minimum atomic E-state index is 0.741. The Kier molecular flexibility index (Phi) is 5.24. The molecule has 162 valence electrons. The van der Waals surface area contributed by atoms with Crippen molar-refractivity contribution in [2.24, 2.45) is 0 Å². The van der Waals surface area contributed by atoms with Gasteiger partial charge in [-0.3, -0.25) is 0 Å². The predicted octanol–water partition coefficient (Wildman–Crippen LogP) is 6.49. The zero-order chi connectivity index (χ0) is 22.2. The summed E-state index contributed by atoms with van der Waals surface area (Å²) < 4.78 is 1.89. The number of fused-ring (bicyclic) bond motifs is 4. The fourth-order valence-corrected chi connectivity index (χ4v) is 5.23. The number of aryl methyl sites for hydroxylation is 2. The van der Waals surface area contributed by atoms with Crippen LogP contribution in [0.1, 0.15) is 17.0 Å². The zero-order valence-corrected chi connectivity index (χ0v) is 19.3. The number of rotatable bonds is 6. The van der Waals surface area contributed by atoms with Crippen molar-refractivity contribution >= 4 is 50.8 Å². The molecule has 6 rings (SSSR count). The van der Waals surface area contributed by atoms with Gasteiger partial charge in [0.15, 0.2) is 16.6 Å². The van der Waals surface area contributed by atoms with Crippen LogP contribution in [0.5, 0.6) is 0 Å². The van der Waals surface area contributed by atoms with E-state index in [2.05, 4.69) is 41.5 Å². The average Bonchev–Trinajstić information content (AvgIpc) is 3.46. The second-order valence-electron chi connectivity index (χ2n) is 7.95. The summed E-state index contributed by atoms with van der Waals surface area (Å²) >= 11 is 7.81. The number of aromatic nitrogens is 5. The number of nitrogens with zero attached hydrogens (tertiary/aromatic N) is 4. The fraction of sp³-hybridized carbons (Fsp3) is 0.115. The van der Waals surface area contributed by atoms with E-state index in [1.165, 1.54) is 10.9 Å². The van der Waals surface area contributed by atoms with Crippen molar-refractivity contribution in [2.75, 3.05) is 0 Å². The lowest BCUT2D eigenvalue weighted by atomic mass is 10.1. The van der Waals surface area contributed by atoms with Crippen LogP contribution in [-0.2, 0) is 18.6 Å². The highest BCUT2D eigenvalue weighted by Gasteiger charge is 2.15. The van der Waals surface area contributed by atoms with Crippen molar-refractivity contribution in [1.82, 2.24) is 24.6 Å². The molecule has 3 aromatic heterocycles. The molecule has 0 fully saturated rings. The highest BCUT2D eigenvalue weighted by Crippen LogP contribution is 2.27. The van der Waals surface area contributed by atoms with Crippen LogP contribution in [0.3, 0.4) is 0 Å². The SMILES string of the molecule is Clc1cccc(CSc2nc3ccccc3c3nc(CCc4c[nH]c5ccccc45)nn23)c1. The first kappa shape index (κ1) is 20.3. The summed E-state index contributed by atoms with van der Waals surface area (Å²) in [6, 6.07) is 24.4. The normalized spacial score (nSPS) is 11.7. The van der Waals surface area contributed by atoms with Crippen molar-refractivity contribution in [1.29, 1.82) is 0 Å². The number of H-pyrrole nitrogens is 1. The van der Waals surface area contributed by atoms with Crippen molar-refractivity contribution in [3.05, 3.63) is 101 Å². The Morgan fingerprint density at radius 2 is 1.73 bits per heavy atom. The van der Waals surface area contributed by atoms with Crippen LogP contribution in [0.4, 0.5) is 0 Å². The molecule has 0 amide bonds. The first-order chi connectivity index (χ1) is 16.2. The molecule has 7 heteroatoms. The van der Waals surface area contributed by atoms with Crippen LogP contribution in [0.25, 0.3) is 27.5 Å². The molecule has 0 unspecified atom stereocenters. The van der Waals surface area contributed by atoms with Gasteiger partial charge in [-0.2, -0.15) is 4.52 Å². The topological polar surface area (TPSA) is 58.9 Å². The molecule has 0 saturated heterocycles. The van der Waals surface area contributed by atoms with Gasteiger partial charge in [0.05, 0.1) is 5.52 Å². The quantitative estimate of drug-likeness (QED) is 0.224. The summed E-state index contributed by atoms with van der Waals surface area (Å²) in [7, 11) is 0. The third-order valence-corrected chi connectivity index (χ3v) is 6.98. The minimum Gasteiger partial charge on any atom is -0.361 e. The Labute approximate surface area is 199 Å². The molecular weight excluding hydrogens is 450 g/mol. The van der Waals surface area contributed by atoms with E-state index in [1.54, 1.807) is 11.8 Å². The van der Waals surface area contributed by atoms with Crippen LogP contribution in [0.2, 0.25) is 5.02 Å². The number of aromatic amines is 1. The molecule has 6 aromatic rings. The van der Waals surface area contributed by atoms with E-state index in [4.69, 9.17) is 26.7 Å². The second kappa shape index (κ2) is 8.54. The first-order valence-corrected chi connectivity index (χ1v) is 12.2. The number of benzene rings is 3. The molecule has 0 aliphatic carbocycles. The third-order valence-electron chi connectivity index (χ3n) is 5.74. The van der Waals surface area contributed by atoms with Crippen molar-refractivity contribution in [3.63, 3.8) is 0 Å². The smallest absolute Gasteiger partial charge is 0.191 e. The lowest BCUT2D eigenvalue weighted by Gasteiger charge is -2.06. The Morgan fingerprint density at radius 3 is 2.64 bits per heavy atom. The zero-order valence-electron chi connectivity index (χ0n) is 17.7. The molecule has 0 atom stereocenters. The maximum atomic E-state index is 6.16. The van der Waals surface area contributed by atoms with Gasteiger partial charge >= 0.3 is 0 Å². The van der Waals surface area contributed by atoms with Crippen LogP contribution < -0.4 is 0 Å². The van der Waals surface area contributed by atoms with Crippen molar-refractivity contribution < 1.29 is 0 Å². The first-order valence-electron chi connectivity index (χ1n) is 10.8. The number of nitrogens with one attached hydrogen (secondary N) is 1. The predicted molar refractivity (Wildman–Crippen MR) is 135 cm³/mol. The van der Waals surface area contributed by atoms with E-state index in [0.29, 0.717) is 0 Å². The molecule has 0 bridgehead atoms.